The average Bonchev–Trinajstić information content (AvgIpc) is 2.11. The summed E-state index contributed by atoms with van der Waals surface area (Å²) in [4.78, 5) is 11.2. The van der Waals surface area contributed by atoms with Crippen LogP contribution in [0.5, 0.6) is 0 Å². The molecular weight excluding hydrogens is 214 g/mol. The summed E-state index contributed by atoms with van der Waals surface area (Å²) in [5, 5.41) is 9.18. The number of hydrogen-bond acceptors (Lipinski definition) is 2. The molecule has 0 amide bonds. The Bertz CT molecular complexity index is 288. The van der Waals surface area contributed by atoms with Crippen molar-refractivity contribution in [1.82, 2.24) is 0 Å². The minimum Gasteiger partial charge on any atom is -0.481 e. The van der Waals surface area contributed by atoms with Gasteiger partial charge in [-0.2, -0.15) is 0 Å². The van der Waals surface area contributed by atoms with Crippen LogP contribution in [0.4, 0.5) is 0 Å². The second-order valence-corrected chi connectivity index (χ2v) is 6.80. The Morgan fingerprint density at radius 2 is 2.06 bits per heavy atom. The van der Waals surface area contributed by atoms with E-state index in [1.54, 1.807) is 0 Å². The molecule has 3 N–H and O–H groups in total. The van der Waals surface area contributed by atoms with Crippen LogP contribution >= 0.6 is 0 Å². The first-order valence-corrected chi connectivity index (χ1v) is 6.68. The van der Waals surface area contributed by atoms with Gasteiger partial charge in [-0.25, -0.2) is 0 Å². The van der Waals surface area contributed by atoms with Gasteiger partial charge in [0.15, 0.2) is 0 Å². The van der Waals surface area contributed by atoms with Crippen molar-refractivity contribution >= 4 is 5.97 Å². The lowest BCUT2D eigenvalue weighted by atomic mass is 9.56. The Hall–Kier alpha value is -0.570. The summed E-state index contributed by atoms with van der Waals surface area (Å²) < 4.78 is 0. The van der Waals surface area contributed by atoms with Crippen molar-refractivity contribution in [2.75, 3.05) is 0 Å². The lowest BCUT2D eigenvalue weighted by molar-refractivity contribution is -0.142. The first kappa shape index (κ1) is 14.5. The summed E-state index contributed by atoms with van der Waals surface area (Å²) in [6.45, 7) is 8.75. The van der Waals surface area contributed by atoms with Crippen molar-refractivity contribution in [3.05, 3.63) is 0 Å². The van der Waals surface area contributed by atoms with E-state index in [0.29, 0.717) is 5.92 Å². The van der Waals surface area contributed by atoms with Crippen molar-refractivity contribution < 1.29 is 9.90 Å². The predicted molar refractivity (Wildman–Crippen MR) is 69.7 cm³/mol. The van der Waals surface area contributed by atoms with E-state index < -0.39 is 5.97 Å². The Kier molecular flexibility index (Phi) is 4.23. The fraction of sp³-hybridized carbons (Fsp3) is 0.929. The van der Waals surface area contributed by atoms with Crippen LogP contribution in [0, 0.1) is 16.7 Å². The second kappa shape index (κ2) is 4.97. The third kappa shape index (κ3) is 3.44. The molecule has 0 aromatic rings. The molecule has 1 fully saturated rings. The highest BCUT2D eigenvalue weighted by Gasteiger charge is 2.46. The van der Waals surface area contributed by atoms with E-state index >= 15 is 0 Å². The predicted octanol–water partition coefficient (Wildman–Crippen LogP) is 3.03. The molecule has 0 spiro atoms. The Morgan fingerprint density at radius 1 is 1.47 bits per heavy atom. The highest BCUT2D eigenvalue weighted by molar-refractivity contribution is 5.68. The van der Waals surface area contributed by atoms with Crippen LogP contribution in [0.15, 0.2) is 0 Å². The van der Waals surface area contributed by atoms with Gasteiger partial charge in [0.1, 0.15) is 0 Å². The van der Waals surface area contributed by atoms with E-state index in [1.165, 1.54) is 6.42 Å². The quantitative estimate of drug-likeness (QED) is 0.795. The normalized spacial score (nSPS) is 34.3. The van der Waals surface area contributed by atoms with Gasteiger partial charge in [0.2, 0.25) is 0 Å². The molecule has 1 saturated carbocycles. The summed E-state index contributed by atoms with van der Waals surface area (Å²) in [6.07, 6.45) is 4.14. The Balaban J connectivity index is 3.00. The fourth-order valence-electron chi connectivity index (χ4n) is 4.09. The number of carboxylic acid groups (broad SMARTS) is 1. The monoisotopic (exact) mass is 241 g/mol. The molecule has 17 heavy (non-hydrogen) atoms. The molecular formula is C14H27NO2. The number of carbonyl (C=O) groups is 1. The summed E-state index contributed by atoms with van der Waals surface area (Å²) in [5.74, 6) is -0.144. The lowest BCUT2D eigenvalue weighted by Crippen LogP contribution is -2.49. The van der Waals surface area contributed by atoms with Gasteiger partial charge in [-0.3, -0.25) is 4.79 Å². The van der Waals surface area contributed by atoms with Gasteiger partial charge >= 0.3 is 5.97 Å². The van der Waals surface area contributed by atoms with Gasteiger partial charge in [0, 0.05) is 6.04 Å². The smallest absolute Gasteiger partial charge is 0.303 e. The van der Waals surface area contributed by atoms with E-state index in [4.69, 9.17) is 5.73 Å². The first-order chi connectivity index (χ1) is 7.71. The van der Waals surface area contributed by atoms with Gasteiger partial charge in [-0.15, -0.1) is 0 Å². The summed E-state index contributed by atoms with van der Waals surface area (Å²) >= 11 is 0. The molecule has 0 aromatic heterocycles. The molecule has 0 saturated heterocycles. The minimum absolute atomic E-state index is 0.000579. The molecule has 0 radical (unpaired) electrons. The molecule has 1 rings (SSSR count). The van der Waals surface area contributed by atoms with Crippen molar-refractivity contribution in [2.24, 2.45) is 22.5 Å². The molecule has 0 heterocycles. The van der Waals surface area contributed by atoms with Crippen LogP contribution < -0.4 is 5.73 Å². The van der Waals surface area contributed by atoms with Crippen molar-refractivity contribution in [3.63, 3.8) is 0 Å². The lowest BCUT2D eigenvalue weighted by Gasteiger charge is -2.50. The minimum atomic E-state index is -0.709. The molecule has 3 atom stereocenters. The highest BCUT2D eigenvalue weighted by atomic mass is 16.4. The van der Waals surface area contributed by atoms with Crippen LogP contribution in [0.3, 0.4) is 0 Å². The third-order valence-electron chi connectivity index (χ3n) is 4.22. The number of hydrogen-bond donors (Lipinski definition) is 2. The first-order valence-electron chi connectivity index (χ1n) is 6.68. The summed E-state index contributed by atoms with van der Waals surface area (Å²) in [6, 6.07) is 0.000579. The van der Waals surface area contributed by atoms with E-state index in [2.05, 4.69) is 27.7 Å². The topological polar surface area (TPSA) is 63.3 Å². The molecule has 1 aliphatic carbocycles. The molecule has 0 aliphatic heterocycles. The summed E-state index contributed by atoms with van der Waals surface area (Å²) in [7, 11) is 0. The fourth-order valence-corrected chi connectivity index (χ4v) is 4.09. The molecule has 100 valence electrons. The third-order valence-corrected chi connectivity index (χ3v) is 4.22. The second-order valence-electron chi connectivity index (χ2n) is 6.80. The maximum Gasteiger partial charge on any atom is 0.303 e. The highest BCUT2D eigenvalue weighted by Crippen LogP contribution is 2.52. The Morgan fingerprint density at radius 3 is 2.47 bits per heavy atom. The zero-order valence-corrected chi connectivity index (χ0v) is 11.6. The molecule has 1 aliphatic rings. The average molecular weight is 241 g/mol. The molecule has 3 heteroatoms. The van der Waals surface area contributed by atoms with E-state index in [9.17, 15) is 9.90 Å². The van der Waals surface area contributed by atoms with Gasteiger partial charge in [-0.1, -0.05) is 27.7 Å². The van der Waals surface area contributed by atoms with Crippen molar-refractivity contribution in [3.8, 4) is 0 Å². The summed E-state index contributed by atoms with van der Waals surface area (Å²) in [5.41, 5.74) is 6.25. The Labute approximate surface area is 105 Å². The van der Waals surface area contributed by atoms with Gasteiger partial charge < -0.3 is 10.8 Å². The zero-order valence-electron chi connectivity index (χ0n) is 11.6. The maximum absolute atomic E-state index is 11.2. The number of rotatable bonds is 4. The van der Waals surface area contributed by atoms with Crippen LogP contribution in [0.1, 0.15) is 59.8 Å². The molecule has 3 unspecified atom stereocenters. The van der Waals surface area contributed by atoms with Crippen molar-refractivity contribution in [1.29, 1.82) is 0 Å². The van der Waals surface area contributed by atoms with Crippen LogP contribution in [-0.4, -0.2) is 17.1 Å². The van der Waals surface area contributed by atoms with Crippen LogP contribution in [0.25, 0.3) is 0 Å². The number of carboxylic acids is 1. The van der Waals surface area contributed by atoms with E-state index in [-0.39, 0.29) is 23.3 Å². The maximum atomic E-state index is 11.2. The number of aliphatic carboxylic acids is 1. The standard InChI is InChI=1S/C14H27NO2/c1-5-11(15)14(8-12(16)17)7-10(2)6-13(3,4)9-14/h10-11H,5-9,15H2,1-4H3,(H,16,17). The molecule has 0 aromatic carbocycles. The van der Waals surface area contributed by atoms with Gasteiger partial charge in [0.25, 0.3) is 0 Å². The molecule has 0 bridgehead atoms. The van der Waals surface area contributed by atoms with Crippen molar-refractivity contribution in [2.45, 2.75) is 65.8 Å². The largest absolute Gasteiger partial charge is 0.481 e. The zero-order chi connectivity index (χ0) is 13.3. The molecule has 3 nitrogen and oxygen atoms in total. The SMILES string of the molecule is CCC(N)C1(CC(=O)O)CC(C)CC(C)(C)C1. The van der Waals surface area contributed by atoms with E-state index in [1.807, 2.05) is 0 Å². The number of nitrogens with two attached hydrogens (primary N) is 1. The van der Waals surface area contributed by atoms with Crippen LogP contribution in [0.2, 0.25) is 0 Å². The van der Waals surface area contributed by atoms with Gasteiger partial charge in [-0.05, 0) is 42.4 Å². The van der Waals surface area contributed by atoms with E-state index in [0.717, 1.165) is 19.3 Å². The van der Waals surface area contributed by atoms with Gasteiger partial charge in [0.05, 0.1) is 6.42 Å². The van der Waals surface area contributed by atoms with Crippen LogP contribution in [-0.2, 0) is 4.79 Å².